The third kappa shape index (κ3) is 1.30. The summed E-state index contributed by atoms with van der Waals surface area (Å²) in [5.41, 5.74) is 8.76. The molecule has 8 nitrogen and oxygen atoms in total. The molecule has 0 aliphatic heterocycles. The molecule has 0 bridgehead atoms. The van der Waals surface area contributed by atoms with Crippen molar-refractivity contribution in [1.29, 1.82) is 0 Å². The van der Waals surface area contributed by atoms with E-state index in [2.05, 4.69) is 11.5 Å². The molecule has 0 saturated carbocycles. The van der Waals surface area contributed by atoms with Gasteiger partial charge in [-0.25, -0.2) is 0 Å². The second kappa shape index (κ2) is 1.91. The first kappa shape index (κ1) is 7.72. The van der Waals surface area contributed by atoms with Gasteiger partial charge < -0.3 is 0 Å². The summed E-state index contributed by atoms with van der Waals surface area (Å²) < 4.78 is 0. The molecule has 8 heteroatoms. The Morgan fingerprint density at radius 1 is 1.11 bits per heavy atom. The monoisotopic (exact) mass is 136 g/mol. The van der Waals surface area contributed by atoms with Crippen molar-refractivity contribution in [3.05, 3.63) is 20.2 Å². The number of nitro groups is 2. The fourth-order valence-corrected chi connectivity index (χ4v) is 0.0667. The molecule has 0 amide bonds. The van der Waals surface area contributed by atoms with Crippen LogP contribution in [0.5, 0.6) is 0 Å². The Labute approximate surface area is 48.7 Å². The van der Waals surface area contributed by atoms with Crippen LogP contribution < -0.4 is 11.5 Å². The molecule has 0 radical (unpaired) electrons. The highest BCUT2D eigenvalue weighted by molar-refractivity contribution is 4.41. The summed E-state index contributed by atoms with van der Waals surface area (Å²) in [5.74, 6) is -3.06. The van der Waals surface area contributed by atoms with Crippen molar-refractivity contribution in [2.24, 2.45) is 11.5 Å². The highest BCUT2D eigenvalue weighted by Gasteiger charge is 2.47. The van der Waals surface area contributed by atoms with E-state index >= 15 is 0 Å². The van der Waals surface area contributed by atoms with Crippen molar-refractivity contribution in [2.75, 3.05) is 0 Å². The van der Waals surface area contributed by atoms with Crippen molar-refractivity contribution in [3.63, 3.8) is 0 Å². The van der Waals surface area contributed by atoms with Gasteiger partial charge in [-0.3, -0.25) is 20.2 Å². The Hall–Kier alpha value is -1.28. The van der Waals surface area contributed by atoms with Gasteiger partial charge in [0.25, 0.3) is 0 Å². The Kier molecular flexibility index (Phi) is 1.64. The van der Waals surface area contributed by atoms with E-state index < -0.39 is 15.8 Å². The van der Waals surface area contributed by atoms with E-state index in [1.165, 1.54) is 0 Å². The normalized spacial score (nSPS) is 10.9. The molecule has 4 N–H and O–H groups in total. The largest absolute Gasteiger partial charge is 0.584 e. The topological polar surface area (TPSA) is 138 Å². The fraction of sp³-hybridized carbons (Fsp3) is 1.00. The SMILES string of the molecule is NC(N)([N+](=O)[O-])[N+](=O)[O-]. The molecule has 0 aromatic rings. The Bertz CT molecular complexity index is 135. The van der Waals surface area contributed by atoms with E-state index in [0.29, 0.717) is 0 Å². The van der Waals surface area contributed by atoms with Gasteiger partial charge in [-0.2, -0.15) is 11.5 Å². The molecule has 0 unspecified atom stereocenters. The second-order valence-electron chi connectivity index (χ2n) is 1.30. The Balaban J connectivity index is 4.38. The minimum atomic E-state index is -3.06. The lowest BCUT2D eigenvalue weighted by Gasteiger charge is -2.02. The first-order chi connectivity index (χ1) is 3.89. The lowest BCUT2D eigenvalue weighted by atomic mass is 10.7. The van der Waals surface area contributed by atoms with Crippen LogP contribution in [0.4, 0.5) is 0 Å². The summed E-state index contributed by atoms with van der Waals surface area (Å²) in [6.07, 6.45) is 0. The van der Waals surface area contributed by atoms with E-state index in [4.69, 9.17) is 0 Å². The summed E-state index contributed by atoms with van der Waals surface area (Å²) in [4.78, 5) is 16.4. The zero-order valence-electron chi connectivity index (χ0n) is 4.18. The van der Waals surface area contributed by atoms with Crippen LogP contribution >= 0.6 is 0 Å². The lowest BCUT2D eigenvalue weighted by molar-refractivity contribution is -0.795. The van der Waals surface area contributed by atoms with Gasteiger partial charge in [0.15, 0.2) is 0 Å². The zero-order chi connectivity index (χ0) is 7.65. The summed E-state index contributed by atoms with van der Waals surface area (Å²) in [6.45, 7) is 0. The molecule has 0 aromatic carbocycles. The van der Waals surface area contributed by atoms with Crippen LogP contribution in [0.2, 0.25) is 0 Å². The number of hydrogen-bond acceptors (Lipinski definition) is 6. The first-order valence-electron chi connectivity index (χ1n) is 1.75. The number of nitrogens with zero attached hydrogens (tertiary/aromatic N) is 2. The number of rotatable bonds is 2. The van der Waals surface area contributed by atoms with E-state index in [0.717, 1.165) is 0 Å². The molecular weight excluding hydrogens is 132 g/mol. The average Bonchev–Trinajstić information content (AvgIpc) is 1.65. The molecule has 9 heavy (non-hydrogen) atoms. The highest BCUT2D eigenvalue weighted by atomic mass is 16.7. The Morgan fingerprint density at radius 3 is 1.33 bits per heavy atom. The maximum absolute atomic E-state index is 9.58. The van der Waals surface area contributed by atoms with Crippen LogP contribution in [0.1, 0.15) is 0 Å². The molecule has 0 aliphatic carbocycles. The number of nitrogens with two attached hydrogens (primary N) is 2. The van der Waals surface area contributed by atoms with Gasteiger partial charge in [0.2, 0.25) is 0 Å². The first-order valence-corrected chi connectivity index (χ1v) is 1.75. The predicted molar refractivity (Wildman–Crippen MR) is 25.1 cm³/mol. The van der Waals surface area contributed by atoms with Crippen molar-refractivity contribution in [3.8, 4) is 0 Å². The zero-order valence-corrected chi connectivity index (χ0v) is 4.18. The summed E-state index contributed by atoms with van der Waals surface area (Å²) >= 11 is 0. The second-order valence-corrected chi connectivity index (χ2v) is 1.30. The molecule has 0 rings (SSSR count). The molecule has 0 atom stereocenters. The maximum atomic E-state index is 9.58. The van der Waals surface area contributed by atoms with Crippen LogP contribution in [-0.2, 0) is 0 Å². The van der Waals surface area contributed by atoms with E-state index in [1.54, 1.807) is 0 Å². The van der Waals surface area contributed by atoms with Crippen LogP contribution in [0.15, 0.2) is 0 Å². The van der Waals surface area contributed by atoms with Gasteiger partial charge in [-0.15, -0.1) is 0 Å². The quantitative estimate of drug-likeness (QED) is 0.257. The van der Waals surface area contributed by atoms with E-state index in [9.17, 15) is 20.2 Å². The fourth-order valence-electron chi connectivity index (χ4n) is 0.0667. The van der Waals surface area contributed by atoms with Gasteiger partial charge in [-0.1, -0.05) is 0 Å². The van der Waals surface area contributed by atoms with Gasteiger partial charge in [-0.05, 0) is 0 Å². The van der Waals surface area contributed by atoms with Gasteiger partial charge in [0, 0.05) is 0 Å². The van der Waals surface area contributed by atoms with Crippen LogP contribution in [0.3, 0.4) is 0 Å². The maximum Gasteiger partial charge on any atom is 0.584 e. The predicted octanol–water partition coefficient (Wildman–Crippen LogP) is -1.93. The summed E-state index contributed by atoms with van der Waals surface area (Å²) in [6, 6.07) is 0. The highest BCUT2D eigenvalue weighted by Crippen LogP contribution is 1.89. The Morgan fingerprint density at radius 2 is 1.33 bits per heavy atom. The molecule has 52 valence electrons. The standard InChI is InChI=1S/CH4N4O4/c2-1(3,4(6)7)5(8)9/h2-3H2. The molecule has 0 heterocycles. The molecule has 0 spiro atoms. The average molecular weight is 136 g/mol. The van der Waals surface area contributed by atoms with Crippen molar-refractivity contribution < 1.29 is 9.85 Å². The number of hydrogen-bond donors (Lipinski definition) is 2. The third-order valence-corrected chi connectivity index (χ3v) is 0.585. The summed E-state index contributed by atoms with van der Waals surface area (Å²) in [7, 11) is 0. The van der Waals surface area contributed by atoms with Gasteiger partial charge >= 0.3 is 5.91 Å². The lowest BCUT2D eigenvalue weighted by Crippen LogP contribution is -2.62. The van der Waals surface area contributed by atoms with Crippen LogP contribution in [-0.4, -0.2) is 15.8 Å². The summed E-state index contributed by atoms with van der Waals surface area (Å²) in [5, 5.41) is 19.2. The minimum absolute atomic E-state index is 1.38. The van der Waals surface area contributed by atoms with Crippen molar-refractivity contribution in [1.82, 2.24) is 0 Å². The third-order valence-electron chi connectivity index (χ3n) is 0.585. The van der Waals surface area contributed by atoms with Crippen LogP contribution in [0, 0.1) is 20.2 Å². The van der Waals surface area contributed by atoms with E-state index in [-0.39, 0.29) is 0 Å². The minimum Gasteiger partial charge on any atom is -0.256 e. The molecule has 0 fully saturated rings. The molecule has 0 aliphatic rings. The van der Waals surface area contributed by atoms with Crippen molar-refractivity contribution >= 4 is 0 Å². The molecule has 0 saturated heterocycles. The molecule has 0 aromatic heterocycles. The van der Waals surface area contributed by atoms with Crippen LogP contribution in [0.25, 0.3) is 0 Å². The van der Waals surface area contributed by atoms with E-state index in [1.807, 2.05) is 0 Å². The van der Waals surface area contributed by atoms with Gasteiger partial charge in [0.1, 0.15) is 9.85 Å². The van der Waals surface area contributed by atoms with Gasteiger partial charge in [0.05, 0.1) is 0 Å². The van der Waals surface area contributed by atoms with Crippen molar-refractivity contribution in [2.45, 2.75) is 5.91 Å². The molecular formula is CH4N4O4. The smallest absolute Gasteiger partial charge is 0.256 e.